The molecule has 0 aliphatic carbocycles. The number of nitrogens with one attached hydrogen (secondary N) is 1. The number of rotatable bonds is 5. The molecule has 30 heavy (non-hydrogen) atoms. The van der Waals surface area contributed by atoms with Gasteiger partial charge in [-0.25, -0.2) is 14.1 Å². The molecule has 2 heterocycles. The van der Waals surface area contributed by atoms with Gasteiger partial charge >= 0.3 is 0 Å². The minimum absolute atomic E-state index is 0.128. The van der Waals surface area contributed by atoms with Crippen molar-refractivity contribution >= 4 is 23.2 Å². The maximum atomic E-state index is 13.2. The Balaban J connectivity index is 1.56. The molecule has 7 nitrogen and oxygen atoms in total. The second-order valence-electron chi connectivity index (χ2n) is 6.27. The highest BCUT2D eigenvalue weighted by atomic mass is 35.5. The minimum Gasteiger partial charge on any atom is -0.437 e. The Hall–Kier alpha value is -3.78. The molecule has 2 aromatic carbocycles. The molecule has 4 aromatic rings. The van der Waals surface area contributed by atoms with Crippen LogP contribution in [0.3, 0.4) is 0 Å². The van der Waals surface area contributed by atoms with Crippen molar-refractivity contribution in [3.63, 3.8) is 0 Å². The van der Waals surface area contributed by atoms with Gasteiger partial charge in [0.2, 0.25) is 5.88 Å². The van der Waals surface area contributed by atoms with Crippen LogP contribution < -0.4 is 10.1 Å². The van der Waals surface area contributed by atoms with Crippen molar-refractivity contribution in [1.29, 1.82) is 0 Å². The fraction of sp³-hybridized carbons (Fsp3) is 0.0476. The SMILES string of the molecule is Cc1nn(-c2ccc(F)cc2)c(Cl)c1C(=O)Nc1cccc(Oc2cnccn2)c1. The van der Waals surface area contributed by atoms with E-state index >= 15 is 0 Å². The molecule has 4 rings (SSSR count). The molecule has 0 aliphatic heterocycles. The van der Waals surface area contributed by atoms with Crippen molar-refractivity contribution in [2.45, 2.75) is 6.92 Å². The standard InChI is InChI=1S/C21H15ClFN5O2/c1-13-19(20(22)28(27-13)16-7-5-14(23)6-8-16)21(29)26-15-3-2-4-17(11-15)30-18-12-24-9-10-25-18/h2-12H,1H3,(H,26,29). The average Bonchev–Trinajstić information content (AvgIpc) is 3.03. The van der Waals surface area contributed by atoms with Gasteiger partial charge in [-0.05, 0) is 43.3 Å². The van der Waals surface area contributed by atoms with Gasteiger partial charge < -0.3 is 10.1 Å². The Morgan fingerprint density at radius 2 is 1.97 bits per heavy atom. The van der Waals surface area contributed by atoms with Crippen LogP contribution in [0.15, 0.2) is 67.1 Å². The normalized spacial score (nSPS) is 10.6. The zero-order valence-electron chi connectivity index (χ0n) is 15.7. The predicted molar refractivity (Wildman–Crippen MR) is 110 cm³/mol. The van der Waals surface area contributed by atoms with Crippen LogP contribution in [0.1, 0.15) is 16.1 Å². The number of ether oxygens (including phenoxy) is 1. The summed E-state index contributed by atoms with van der Waals surface area (Å²) in [6, 6.07) is 12.5. The average molecular weight is 424 g/mol. The summed E-state index contributed by atoms with van der Waals surface area (Å²) in [7, 11) is 0. The van der Waals surface area contributed by atoms with E-state index in [-0.39, 0.29) is 16.5 Å². The summed E-state index contributed by atoms with van der Waals surface area (Å²) in [6.45, 7) is 1.68. The lowest BCUT2D eigenvalue weighted by Gasteiger charge is -2.08. The van der Waals surface area contributed by atoms with E-state index in [0.29, 0.717) is 28.7 Å². The van der Waals surface area contributed by atoms with Crippen molar-refractivity contribution in [3.8, 4) is 17.3 Å². The van der Waals surface area contributed by atoms with Gasteiger partial charge in [-0.3, -0.25) is 9.78 Å². The van der Waals surface area contributed by atoms with E-state index in [1.54, 1.807) is 37.4 Å². The second kappa shape index (κ2) is 8.30. The number of hydrogen-bond donors (Lipinski definition) is 1. The van der Waals surface area contributed by atoms with Crippen LogP contribution in [-0.2, 0) is 0 Å². The zero-order chi connectivity index (χ0) is 21.1. The summed E-state index contributed by atoms with van der Waals surface area (Å²) >= 11 is 6.41. The monoisotopic (exact) mass is 423 g/mol. The minimum atomic E-state index is -0.428. The number of nitrogens with zero attached hydrogens (tertiary/aromatic N) is 4. The van der Waals surface area contributed by atoms with Crippen LogP contribution in [0.25, 0.3) is 5.69 Å². The third kappa shape index (κ3) is 4.13. The number of carbonyl (C=O) groups excluding carboxylic acids is 1. The number of carbonyl (C=O) groups is 1. The topological polar surface area (TPSA) is 81.9 Å². The second-order valence-corrected chi connectivity index (χ2v) is 6.63. The molecule has 0 fully saturated rings. The number of aromatic nitrogens is 4. The van der Waals surface area contributed by atoms with Crippen molar-refractivity contribution < 1.29 is 13.9 Å². The van der Waals surface area contributed by atoms with Crippen LogP contribution in [0.2, 0.25) is 5.15 Å². The van der Waals surface area contributed by atoms with Crippen molar-refractivity contribution in [3.05, 3.63) is 89.3 Å². The van der Waals surface area contributed by atoms with Crippen molar-refractivity contribution in [1.82, 2.24) is 19.7 Å². The number of anilines is 1. The van der Waals surface area contributed by atoms with Gasteiger partial charge in [0, 0.05) is 24.1 Å². The Morgan fingerprint density at radius 3 is 2.70 bits per heavy atom. The Kier molecular flexibility index (Phi) is 5.40. The van der Waals surface area contributed by atoms with Gasteiger partial charge in [0.1, 0.15) is 22.3 Å². The molecule has 0 saturated heterocycles. The van der Waals surface area contributed by atoms with Gasteiger partial charge in [-0.2, -0.15) is 5.10 Å². The number of halogens is 2. The van der Waals surface area contributed by atoms with Gasteiger partial charge in [0.25, 0.3) is 5.91 Å². The Bertz CT molecular complexity index is 1200. The highest BCUT2D eigenvalue weighted by Crippen LogP contribution is 2.26. The highest BCUT2D eigenvalue weighted by molar-refractivity contribution is 6.34. The summed E-state index contributed by atoms with van der Waals surface area (Å²) < 4.78 is 20.2. The van der Waals surface area contributed by atoms with Crippen LogP contribution >= 0.6 is 11.6 Å². The van der Waals surface area contributed by atoms with Gasteiger partial charge in [0.15, 0.2) is 0 Å². The molecular formula is C21H15ClFN5O2. The molecule has 0 atom stereocenters. The Labute approximate surface area is 176 Å². The molecule has 0 aliphatic rings. The van der Waals surface area contributed by atoms with Gasteiger partial charge in [0.05, 0.1) is 17.6 Å². The molecule has 150 valence electrons. The van der Waals surface area contributed by atoms with Crippen molar-refractivity contribution in [2.24, 2.45) is 0 Å². The molecule has 0 spiro atoms. The molecule has 2 aromatic heterocycles. The lowest BCUT2D eigenvalue weighted by molar-refractivity contribution is 0.102. The van der Waals surface area contributed by atoms with Gasteiger partial charge in [-0.15, -0.1) is 0 Å². The molecule has 0 unspecified atom stereocenters. The number of aryl methyl sites for hydroxylation is 1. The largest absolute Gasteiger partial charge is 0.437 e. The summed E-state index contributed by atoms with van der Waals surface area (Å²) in [4.78, 5) is 20.8. The third-order valence-corrected chi connectivity index (χ3v) is 4.51. The van der Waals surface area contributed by atoms with Crippen LogP contribution in [0, 0.1) is 12.7 Å². The van der Waals surface area contributed by atoms with Crippen molar-refractivity contribution in [2.75, 3.05) is 5.32 Å². The quantitative estimate of drug-likeness (QED) is 0.498. The van der Waals surface area contributed by atoms with E-state index in [1.807, 2.05) is 0 Å². The van der Waals surface area contributed by atoms with E-state index in [2.05, 4.69) is 20.4 Å². The number of hydrogen-bond acceptors (Lipinski definition) is 5. The fourth-order valence-electron chi connectivity index (χ4n) is 2.80. The van der Waals surface area contributed by atoms with E-state index < -0.39 is 5.91 Å². The zero-order valence-corrected chi connectivity index (χ0v) is 16.5. The lowest BCUT2D eigenvalue weighted by Crippen LogP contribution is -2.13. The summed E-state index contributed by atoms with van der Waals surface area (Å²) in [5.74, 6) is 0.0152. The van der Waals surface area contributed by atoms with E-state index in [9.17, 15) is 9.18 Å². The summed E-state index contributed by atoms with van der Waals surface area (Å²) in [5, 5.41) is 7.22. The first-order valence-corrected chi connectivity index (χ1v) is 9.25. The number of benzene rings is 2. The molecule has 9 heteroatoms. The fourth-order valence-corrected chi connectivity index (χ4v) is 3.16. The highest BCUT2D eigenvalue weighted by Gasteiger charge is 2.21. The number of amides is 1. The first-order chi connectivity index (χ1) is 14.5. The maximum absolute atomic E-state index is 13.2. The molecule has 0 saturated carbocycles. The smallest absolute Gasteiger partial charge is 0.260 e. The molecule has 0 radical (unpaired) electrons. The molecule has 0 bridgehead atoms. The Morgan fingerprint density at radius 1 is 1.17 bits per heavy atom. The van der Waals surface area contributed by atoms with Crippen LogP contribution in [-0.4, -0.2) is 25.7 Å². The van der Waals surface area contributed by atoms with E-state index in [1.165, 1.54) is 41.3 Å². The molecule has 1 N–H and O–H groups in total. The summed E-state index contributed by atoms with van der Waals surface area (Å²) in [6.07, 6.45) is 4.55. The first-order valence-electron chi connectivity index (χ1n) is 8.87. The van der Waals surface area contributed by atoms with Crippen LogP contribution in [0.5, 0.6) is 11.6 Å². The lowest BCUT2D eigenvalue weighted by atomic mass is 10.2. The molecular weight excluding hydrogens is 409 g/mol. The maximum Gasteiger partial charge on any atom is 0.260 e. The van der Waals surface area contributed by atoms with E-state index in [0.717, 1.165) is 0 Å². The van der Waals surface area contributed by atoms with Crippen LogP contribution in [0.4, 0.5) is 10.1 Å². The molecule has 1 amide bonds. The summed E-state index contributed by atoms with van der Waals surface area (Å²) in [5.41, 5.74) is 1.71. The van der Waals surface area contributed by atoms with E-state index in [4.69, 9.17) is 16.3 Å². The van der Waals surface area contributed by atoms with Gasteiger partial charge in [-0.1, -0.05) is 17.7 Å². The predicted octanol–water partition coefficient (Wildman–Crippen LogP) is 4.81. The third-order valence-electron chi connectivity index (χ3n) is 4.16. The first kappa shape index (κ1) is 19.5.